The molecule has 1 aromatic carbocycles. The van der Waals surface area contributed by atoms with E-state index < -0.39 is 0 Å². The highest BCUT2D eigenvalue weighted by atomic mass is 127. The molecule has 1 aliphatic rings. The molecule has 1 aliphatic heterocycles. The number of benzene rings is 1. The van der Waals surface area contributed by atoms with Crippen molar-refractivity contribution in [2.75, 3.05) is 31.1 Å². The van der Waals surface area contributed by atoms with Crippen LogP contribution in [0.4, 0.5) is 5.69 Å². The van der Waals surface area contributed by atoms with Crippen LogP contribution in [-0.4, -0.2) is 43.3 Å². The summed E-state index contributed by atoms with van der Waals surface area (Å²) >= 11 is 0. The molecule has 0 spiro atoms. The van der Waals surface area contributed by atoms with Gasteiger partial charge in [0, 0.05) is 38.0 Å². The first-order chi connectivity index (χ1) is 12.5. The Morgan fingerprint density at radius 1 is 1.19 bits per heavy atom. The number of aliphatic hydroxyl groups is 1. The first-order valence-corrected chi connectivity index (χ1v) is 10.0. The lowest BCUT2D eigenvalue weighted by Gasteiger charge is -2.32. The summed E-state index contributed by atoms with van der Waals surface area (Å²) in [6, 6.07) is 9.12. The Kier molecular flexibility index (Phi) is 11.1. The van der Waals surface area contributed by atoms with E-state index in [1.54, 1.807) is 0 Å². The third-order valence-corrected chi connectivity index (χ3v) is 5.30. The van der Waals surface area contributed by atoms with Gasteiger partial charge in [0.25, 0.3) is 0 Å². The standard InChI is InChI=1S/C21H36N4O.HI/c1-5-22-21(24-17(4)16(2)3)23-14-18-6-8-20(9-7-18)25-12-10-19(15-26)11-13-25;/h6-9,16-17,19,26H,5,10-15H2,1-4H3,(H2,22,23,24);1H. The molecule has 0 saturated carbocycles. The topological polar surface area (TPSA) is 59.9 Å². The highest BCUT2D eigenvalue weighted by Gasteiger charge is 2.18. The van der Waals surface area contributed by atoms with Crippen LogP contribution in [0.25, 0.3) is 0 Å². The van der Waals surface area contributed by atoms with E-state index in [-0.39, 0.29) is 24.0 Å². The van der Waals surface area contributed by atoms with Gasteiger partial charge in [-0.05, 0) is 56.2 Å². The minimum absolute atomic E-state index is 0. The first kappa shape index (κ1) is 24.0. The monoisotopic (exact) mass is 488 g/mol. The summed E-state index contributed by atoms with van der Waals surface area (Å²) in [5.41, 5.74) is 2.49. The van der Waals surface area contributed by atoms with Gasteiger partial charge in [-0.3, -0.25) is 0 Å². The van der Waals surface area contributed by atoms with Gasteiger partial charge in [-0.1, -0.05) is 26.0 Å². The second-order valence-electron chi connectivity index (χ2n) is 7.65. The average molecular weight is 488 g/mol. The molecule has 0 radical (unpaired) electrons. The SMILES string of the molecule is CCNC(=NCc1ccc(N2CCC(CO)CC2)cc1)NC(C)C(C)C.I. The quantitative estimate of drug-likeness (QED) is 0.312. The maximum absolute atomic E-state index is 9.27. The third kappa shape index (κ3) is 7.86. The number of nitrogens with zero attached hydrogens (tertiary/aromatic N) is 2. The number of hydrogen-bond acceptors (Lipinski definition) is 3. The average Bonchev–Trinajstić information content (AvgIpc) is 2.66. The molecule has 3 N–H and O–H groups in total. The molecule has 1 atom stereocenters. The molecule has 0 amide bonds. The van der Waals surface area contributed by atoms with Crippen LogP contribution in [0.1, 0.15) is 46.1 Å². The van der Waals surface area contributed by atoms with Gasteiger partial charge in [-0.2, -0.15) is 0 Å². The number of rotatable bonds is 7. The summed E-state index contributed by atoms with van der Waals surface area (Å²) in [5.74, 6) is 1.92. The number of aliphatic hydroxyl groups excluding tert-OH is 1. The molecule has 1 saturated heterocycles. The van der Waals surface area contributed by atoms with Crippen molar-refractivity contribution in [1.29, 1.82) is 0 Å². The maximum Gasteiger partial charge on any atom is 0.191 e. The van der Waals surface area contributed by atoms with Gasteiger partial charge >= 0.3 is 0 Å². The fourth-order valence-electron chi connectivity index (χ4n) is 3.06. The van der Waals surface area contributed by atoms with Crippen molar-refractivity contribution in [3.8, 4) is 0 Å². The van der Waals surface area contributed by atoms with Crippen LogP contribution in [0.2, 0.25) is 0 Å². The number of hydrogen-bond donors (Lipinski definition) is 3. The number of halogens is 1. The zero-order valence-electron chi connectivity index (χ0n) is 17.2. The summed E-state index contributed by atoms with van der Waals surface area (Å²) in [7, 11) is 0. The summed E-state index contributed by atoms with van der Waals surface area (Å²) in [6.07, 6.45) is 2.16. The largest absolute Gasteiger partial charge is 0.396 e. The molecule has 0 aromatic heterocycles. The fraction of sp³-hybridized carbons (Fsp3) is 0.667. The second kappa shape index (κ2) is 12.4. The van der Waals surface area contributed by atoms with Crippen molar-refractivity contribution in [2.24, 2.45) is 16.8 Å². The smallest absolute Gasteiger partial charge is 0.191 e. The highest BCUT2D eigenvalue weighted by molar-refractivity contribution is 14.0. The number of nitrogens with one attached hydrogen (secondary N) is 2. The Morgan fingerprint density at radius 3 is 2.33 bits per heavy atom. The van der Waals surface area contributed by atoms with Crippen LogP contribution in [0.5, 0.6) is 0 Å². The molecule has 1 heterocycles. The third-order valence-electron chi connectivity index (χ3n) is 5.30. The maximum atomic E-state index is 9.27. The van der Waals surface area contributed by atoms with E-state index in [4.69, 9.17) is 4.99 Å². The molecule has 5 nitrogen and oxygen atoms in total. The van der Waals surface area contributed by atoms with E-state index >= 15 is 0 Å². The van der Waals surface area contributed by atoms with Gasteiger partial charge in [0.1, 0.15) is 0 Å². The molecule has 154 valence electrons. The fourth-order valence-corrected chi connectivity index (χ4v) is 3.06. The summed E-state index contributed by atoms with van der Waals surface area (Å²) in [5, 5.41) is 16.1. The van der Waals surface area contributed by atoms with Gasteiger partial charge in [0.15, 0.2) is 5.96 Å². The van der Waals surface area contributed by atoms with Crippen LogP contribution in [-0.2, 0) is 6.54 Å². The van der Waals surface area contributed by atoms with E-state index in [1.165, 1.54) is 11.3 Å². The van der Waals surface area contributed by atoms with E-state index in [2.05, 4.69) is 67.5 Å². The van der Waals surface area contributed by atoms with Crippen LogP contribution in [0, 0.1) is 11.8 Å². The number of aliphatic imine (C=N–C) groups is 1. The van der Waals surface area contributed by atoms with E-state index in [1.807, 2.05) is 0 Å². The Balaban J connectivity index is 0.00000364. The molecule has 0 bridgehead atoms. The van der Waals surface area contributed by atoms with E-state index in [0.29, 0.717) is 31.0 Å². The van der Waals surface area contributed by atoms with Gasteiger partial charge < -0.3 is 20.6 Å². The predicted molar refractivity (Wildman–Crippen MR) is 126 cm³/mol. The van der Waals surface area contributed by atoms with Crippen molar-refractivity contribution in [3.05, 3.63) is 29.8 Å². The minimum Gasteiger partial charge on any atom is -0.396 e. The predicted octanol–water partition coefficient (Wildman–Crippen LogP) is 3.61. The van der Waals surface area contributed by atoms with Crippen molar-refractivity contribution in [2.45, 2.75) is 53.1 Å². The van der Waals surface area contributed by atoms with E-state index in [0.717, 1.165) is 38.4 Å². The first-order valence-electron chi connectivity index (χ1n) is 10.0. The molecule has 1 fully saturated rings. The highest BCUT2D eigenvalue weighted by Crippen LogP contribution is 2.23. The van der Waals surface area contributed by atoms with Crippen molar-refractivity contribution in [3.63, 3.8) is 0 Å². The zero-order valence-corrected chi connectivity index (χ0v) is 19.6. The molecule has 6 heteroatoms. The van der Waals surface area contributed by atoms with Crippen LogP contribution < -0.4 is 15.5 Å². The van der Waals surface area contributed by atoms with Crippen LogP contribution in [0.15, 0.2) is 29.3 Å². The van der Waals surface area contributed by atoms with Crippen LogP contribution in [0.3, 0.4) is 0 Å². The van der Waals surface area contributed by atoms with Gasteiger partial charge in [-0.25, -0.2) is 4.99 Å². The molecule has 1 unspecified atom stereocenters. The number of guanidine groups is 1. The Morgan fingerprint density at radius 2 is 1.81 bits per heavy atom. The summed E-state index contributed by atoms with van der Waals surface area (Å²) < 4.78 is 0. The lowest BCUT2D eigenvalue weighted by molar-refractivity contribution is 0.203. The summed E-state index contributed by atoms with van der Waals surface area (Å²) in [6.45, 7) is 12.6. The normalized spacial score (nSPS) is 16.8. The van der Waals surface area contributed by atoms with Crippen molar-refractivity contribution < 1.29 is 5.11 Å². The molecule has 27 heavy (non-hydrogen) atoms. The molecule has 0 aliphatic carbocycles. The zero-order chi connectivity index (χ0) is 18.9. The Labute approximate surface area is 182 Å². The van der Waals surface area contributed by atoms with Gasteiger partial charge in [-0.15, -0.1) is 24.0 Å². The van der Waals surface area contributed by atoms with Gasteiger partial charge in [0.2, 0.25) is 0 Å². The van der Waals surface area contributed by atoms with Crippen molar-refractivity contribution >= 4 is 35.6 Å². The number of anilines is 1. The van der Waals surface area contributed by atoms with Crippen molar-refractivity contribution in [1.82, 2.24) is 10.6 Å². The molecular formula is C21H37IN4O. The lowest BCUT2D eigenvalue weighted by atomic mass is 9.97. The molecule has 2 rings (SSSR count). The Hall–Kier alpha value is -1.02. The number of piperidine rings is 1. The van der Waals surface area contributed by atoms with E-state index in [9.17, 15) is 5.11 Å². The molecular weight excluding hydrogens is 451 g/mol. The second-order valence-corrected chi connectivity index (χ2v) is 7.65. The lowest BCUT2D eigenvalue weighted by Crippen LogP contribution is -2.44. The van der Waals surface area contributed by atoms with Crippen LogP contribution >= 0.6 is 24.0 Å². The summed E-state index contributed by atoms with van der Waals surface area (Å²) in [4.78, 5) is 7.13. The molecule has 1 aromatic rings. The minimum atomic E-state index is 0. The Bertz CT molecular complexity index is 554. The van der Waals surface area contributed by atoms with Gasteiger partial charge in [0.05, 0.1) is 6.54 Å².